The van der Waals surface area contributed by atoms with Gasteiger partial charge >= 0.3 is 0 Å². The SMILES string of the molecule is O=C1NC2CC(c3ccccc3)CN(CCOCCOCCCc3cnc4c(c3)[C@@]3(Cc5cc1cnc5C3)C(=O)N4)C2=O. The number of carbonyl (C=O) groups excluding carboxylic acids is 3. The molecule has 4 aliphatic rings. The summed E-state index contributed by atoms with van der Waals surface area (Å²) in [5.41, 5.74) is 4.33. The lowest BCUT2D eigenvalue weighted by molar-refractivity contribution is -0.137. The summed E-state index contributed by atoms with van der Waals surface area (Å²) in [6, 6.07) is 13.3. The minimum absolute atomic E-state index is 0.0792. The van der Waals surface area contributed by atoms with Gasteiger partial charge in [0.25, 0.3) is 5.91 Å². The van der Waals surface area contributed by atoms with Crippen molar-refractivity contribution in [2.45, 2.75) is 49.5 Å². The molecule has 1 saturated heterocycles. The number of fused-ring (bicyclic) bond motifs is 4. The number of hydrogen-bond donors (Lipinski definition) is 2. The van der Waals surface area contributed by atoms with Crippen LogP contribution in [0.4, 0.5) is 5.82 Å². The van der Waals surface area contributed by atoms with E-state index in [1.165, 1.54) is 0 Å². The maximum atomic E-state index is 13.6. The minimum Gasteiger partial charge on any atom is -0.379 e. The summed E-state index contributed by atoms with van der Waals surface area (Å²) in [5.74, 6) is 0.122. The first-order valence-electron chi connectivity index (χ1n) is 15.1. The molecule has 0 radical (unpaired) electrons. The van der Waals surface area contributed by atoms with Gasteiger partial charge in [0.15, 0.2) is 0 Å². The van der Waals surface area contributed by atoms with Gasteiger partial charge in [-0.15, -0.1) is 0 Å². The Labute approximate surface area is 250 Å². The molecule has 43 heavy (non-hydrogen) atoms. The number of piperidine rings is 1. The molecular formula is C33H35N5O5. The standard InChI is InChI=1S/C33H35N5O5/c39-30-24-14-23-16-33(17-28(23)34-19-24)26-13-21(18-35-29(26)37-32(33)41)5-4-9-42-11-12-43-10-8-38-20-25(15-27(36-30)31(38)40)22-6-2-1-3-7-22/h1-3,6-7,13-14,18-19,25,27H,4-5,8-12,15-17,20H2,(H,36,39)(H,35,37,41)/t25?,27?,33-/m0/s1. The second kappa shape index (κ2) is 11.5. The number of aromatic nitrogens is 2. The van der Waals surface area contributed by atoms with Crippen molar-refractivity contribution in [3.63, 3.8) is 0 Å². The molecule has 3 aliphatic heterocycles. The predicted molar refractivity (Wildman–Crippen MR) is 158 cm³/mol. The Hall–Kier alpha value is -4.15. The fraction of sp³-hybridized carbons (Fsp3) is 0.424. The van der Waals surface area contributed by atoms with Crippen LogP contribution in [0.3, 0.4) is 0 Å². The van der Waals surface area contributed by atoms with Gasteiger partial charge in [0, 0.05) is 55.7 Å². The molecule has 1 aliphatic carbocycles. The number of rotatable bonds is 1. The smallest absolute Gasteiger partial charge is 0.253 e. The Morgan fingerprint density at radius 2 is 1.77 bits per heavy atom. The number of benzene rings is 1. The number of carbonyl (C=O) groups is 3. The third-order valence-corrected chi connectivity index (χ3v) is 9.19. The van der Waals surface area contributed by atoms with Gasteiger partial charge in [0.2, 0.25) is 11.8 Å². The first kappa shape index (κ1) is 27.7. The van der Waals surface area contributed by atoms with E-state index in [0.717, 1.165) is 40.8 Å². The number of nitrogens with zero attached hydrogens (tertiary/aromatic N) is 3. The molecule has 0 saturated carbocycles. The number of ether oxygens (including phenoxy) is 2. The van der Waals surface area contributed by atoms with Crippen LogP contribution in [0.25, 0.3) is 0 Å². The number of pyridine rings is 2. The Morgan fingerprint density at radius 3 is 2.63 bits per heavy atom. The van der Waals surface area contributed by atoms with Crippen LogP contribution >= 0.6 is 0 Å². The number of hydrogen-bond acceptors (Lipinski definition) is 7. The Balaban J connectivity index is 1.18. The lowest BCUT2D eigenvalue weighted by Gasteiger charge is -2.37. The highest BCUT2D eigenvalue weighted by molar-refractivity contribution is 6.06. The zero-order chi connectivity index (χ0) is 29.4. The maximum Gasteiger partial charge on any atom is 0.253 e. The molecule has 2 N–H and O–H groups in total. The number of anilines is 1. The van der Waals surface area contributed by atoms with Gasteiger partial charge in [-0.05, 0) is 54.5 Å². The van der Waals surface area contributed by atoms with Crippen molar-refractivity contribution in [1.82, 2.24) is 20.2 Å². The van der Waals surface area contributed by atoms with Crippen LogP contribution in [-0.4, -0.2) is 78.1 Å². The van der Waals surface area contributed by atoms with Gasteiger partial charge in [-0.25, -0.2) is 4.98 Å². The highest BCUT2D eigenvalue weighted by Gasteiger charge is 2.52. The Kier molecular flexibility index (Phi) is 7.40. The van der Waals surface area contributed by atoms with Crippen molar-refractivity contribution in [1.29, 1.82) is 0 Å². The van der Waals surface area contributed by atoms with Gasteiger partial charge in [0.05, 0.1) is 30.8 Å². The van der Waals surface area contributed by atoms with E-state index in [1.54, 1.807) is 11.1 Å². The summed E-state index contributed by atoms with van der Waals surface area (Å²) in [5, 5.41) is 5.97. The summed E-state index contributed by atoms with van der Waals surface area (Å²) >= 11 is 0. The minimum atomic E-state index is -0.795. The van der Waals surface area contributed by atoms with Gasteiger partial charge < -0.3 is 25.0 Å². The zero-order valence-electron chi connectivity index (χ0n) is 24.0. The van der Waals surface area contributed by atoms with Crippen LogP contribution < -0.4 is 10.6 Å². The van der Waals surface area contributed by atoms with E-state index in [9.17, 15) is 14.4 Å². The lowest BCUT2D eigenvalue weighted by atomic mass is 9.79. The van der Waals surface area contributed by atoms with Crippen LogP contribution in [0.1, 0.15) is 57.1 Å². The molecule has 10 heteroatoms. The topological polar surface area (TPSA) is 123 Å². The summed E-state index contributed by atoms with van der Waals surface area (Å²) in [6.07, 6.45) is 6.37. The normalized spacial score (nSPS) is 26.0. The molecule has 1 aromatic carbocycles. The van der Waals surface area contributed by atoms with E-state index < -0.39 is 11.5 Å². The van der Waals surface area contributed by atoms with Crippen molar-refractivity contribution in [2.75, 3.05) is 44.8 Å². The Bertz CT molecular complexity index is 1560. The number of amides is 3. The molecule has 2 aromatic heterocycles. The predicted octanol–water partition coefficient (Wildman–Crippen LogP) is 2.56. The molecule has 10 nitrogen and oxygen atoms in total. The van der Waals surface area contributed by atoms with E-state index in [4.69, 9.17) is 9.47 Å². The molecular weight excluding hydrogens is 546 g/mol. The number of aryl methyl sites for hydroxylation is 1. The van der Waals surface area contributed by atoms with E-state index >= 15 is 0 Å². The molecule has 1 spiro atoms. The van der Waals surface area contributed by atoms with Gasteiger partial charge in [-0.3, -0.25) is 19.4 Å². The third kappa shape index (κ3) is 5.29. The van der Waals surface area contributed by atoms with Crippen molar-refractivity contribution >= 4 is 23.5 Å². The highest BCUT2D eigenvalue weighted by Crippen LogP contribution is 2.46. The zero-order valence-corrected chi connectivity index (χ0v) is 24.0. The van der Waals surface area contributed by atoms with Crippen LogP contribution in [0, 0.1) is 0 Å². The molecule has 7 bridgehead atoms. The van der Waals surface area contributed by atoms with Crippen LogP contribution in [0.5, 0.6) is 0 Å². The quantitative estimate of drug-likeness (QED) is 0.453. The van der Waals surface area contributed by atoms with Gasteiger partial charge in [0.1, 0.15) is 11.9 Å². The van der Waals surface area contributed by atoms with Gasteiger partial charge in [-0.1, -0.05) is 30.3 Å². The second-order valence-corrected chi connectivity index (χ2v) is 11.9. The van der Waals surface area contributed by atoms with Crippen molar-refractivity contribution in [2.24, 2.45) is 0 Å². The second-order valence-electron chi connectivity index (χ2n) is 11.9. The molecule has 3 aromatic rings. The van der Waals surface area contributed by atoms with Crippen LogP contribution in [0.2, 0.25) is 0 Å². The van der Waals surface area contributed by atoms with E-state index in [-0.39, 0.29) is 23.6 Å². The molecule has 5 heterocycles. The summed E-state index contributed by atoms with van der Waals surface area (Å²) < 4.78 is 11.6. The lowest BCUT2D eigenvalue weighted by Crippen LogP contribution is -2.55. The van der Waals surface area contributed by atoms with Crippen LogP contribution in [-0.2, 0) is 43.7 Å². The first-order valence-corrected chi connectivity index (χ1v) is 15.1. The van der Waals surface area contributed by atoms with Gasteiger partial charge in [-0.2, -0.15) is 0 Å². The molecule has 7 rings (SSSR count). The molecule has 3 amide bonds. The molecule has 1 fully saturated rings. The Morgan fingerprint density at radius 1 is 0.930 bits per heavy atom. The van der Waals surface area contributed by atoms with E-state index in [0.29, 0.717) is 70.2 Å². The average Bonchev–Trinajstić information content (AvgIpc) is 3.54. The molecule has 222 valence electrons. The monoisotopic (exact) mass is 581 g/mol. The first-order chi connectivity index (χ1) is 21.0. The maximum absolute atomic E-state index is 13.6. The van der Waals surface area contributed by atoms with E-state index in [2.05, 4.69) is 38.8 Å². The average molecular weight is 582 g/mol. The summed E-state index contributed by atoms with van der Waals surface area (Å²) in [6.45, 7) is 2.88. The molecule has 3 atom stereocenters. The third-order valence-electron chi connectivity index (χ3n) is 9.19. The fourth-order valence-corrected chi connectivity index (χ4v) is 6.90. The van der Waals surface area contributed by atoms with Crippen LogP contribution in [0.15, 0.2) is 54.9 Å². The largest absolute Gasteiger partial charge is 0.379 e. The van der Waals surface area contributed by atoms with Crippen molar-refractivity contribution in [3.05, 3.63) is 88.4 Å². The van der Waals surface area contributed by atoms with Crippen molar-refractivity contribution in [3.8, 4) is 0 Å². The van der Waals surface area contributed by atoms with Crippen molar-refractivity contribution < 1.29 is 23.9 Å². The summed E-state index contributed by atoms with van der Waals surface area (Å²) in [4.78, 5) is 51.5. The fourth-order valence-electron chi connectivity index (χ4n) is 6.90. The molecule has 2 unspecified atom stereocenters. The number of nitrogens with one attached hydrogen (secondary N) is 2. The summed E-state index contributed by atoms with van der Waals surface area (Å²) in [7, 11) is 0. The van der Waals surface area contributed by atoms with E-state index in [1.807, 2.05) is 30.5 Å². The highest BCUT2D eigenvalue weighted by atomic mass is 16.5.